The van der Waals surface area contributed by atoms with Crippen LogP contribution in [-0.2, 0) is 17.8 Å². The molecule has 160 valence electrons. The number of fused-ring (bicyclic) bond motifs is 1. The van der Waals surface area contributed by atoms with E-state index in [1.54, 1.807) is 24.0 Å². The van der Waals surface area contributed by atoms with Crippen LogP contribution in [0.5, 0.6) is 0 Å². The topological polar surface area (TPSA) is 104 Å². The molecule has 1 aliphatic rings. The summed E-state index contributed by atoms with van der Waals surface area (Å²) in [7, 11) is 0. The fourth-order valence-electron chi connectivity index (χ4n) is 3.94. The molecule has 8 heteroatoms. The normalized spacial score (nSPS) is 15.9. The third-order valence-corrected chi connectivity index (χ3v) is 5.63. The minimum atomic E-state index is -0.499. The van der Waals surface area contributed by atoms with Crippen LogP contribution in [0.3, 0.4) is 0 Å². The van der Waals surface area contributed by atoms with E-state index in [4.69, 9.17) is 0 Å². The van der Waals surface area contributed by atoms with Gasteiger partial charge in [0, 0.05) is 31.2 Å². The molecule has 2 N–H and O–H groups in total. The molecule has 8 nitrogen and oxygen atoms in total. The van der Waals surface area contributed by atoms with Gasteiger partial charge in [0.1, 0.15) is 0 Å². The third kappa shape index (κ3) is 4.28. The van der Waals surface area contributed by atoms with Crippen molar-refractivity contribution in [3.63, 3.8) is 0 Å². The van der Waals surface area contributed by atoms with Crippen molar-refractivity contribution in [1.29, 1.82) is 0 Å². The van der Waals surface area contributed by atoms with Crippen LogP contribution in [0.4, 0.5) is 0 Å². The van der Waals surface area contributed by atoms with E-state index in [2.05, 4.69) is 10.3 Å². The molecule has 1 fully saturated rings. The van der Waals surface area contributed by atoms with Crippen LogP contribution in [0.25, 0.3) is 10.9 Å². The fourth-order valence-corrected chi connectivity index (χ4v) is 3.94. The number of amides is 2. The van der Waals surface area contributed by atoms with Crippen molar-refractivity contribution in [3.05, 3.63) is 80.5 Å². The maximum Gasteiger partial charge on any atom is 0.328 e. The SMILES string of the molecule is CCn1c(=O)[nH]c2cc(C(=O)NC3CCN(C(=O)Cc4ccccc4)C3)ccc2c1=O. The molecular formula is C23H24N4O4. The highest BCUT2D eigenvalue weighted by Gasteiger charge is 2.27. The van der Waals surface area contributed by atoms with Crippen molar-refractivity contribution in [2.75, 3.05) is 13.1 Å². The molecule has 0 aliphatic carbocycles. The number of aromatic nitrogens is 2. The minimum absolute atomic E-state index is 0.0402. The van der Waals surface area contributed by atoms with Crippen LogP contribution in [0.2, 0.25) is 0 Å². The molecule has 2 heterocycles. The molecule has 4 rings (SSSR count). The number of rotatable bonds is 5. The Morgan fingerprint density at radius 1 is 1.13 bits per heavy atom. The molecule has 1 aliphatic heterocycles. The number of benzene rings is 2. The van der Waals surface area contributed by atoms with Gasteiger partial charge in [0.15, 0.2) is 0 Å². The van der Waals surface area contributed by atoms with Crippen LogP contribution in [0.1, 0.15) is 29.3 Å². The Balaban J connectivity index is 1.43. The molecule has 0 spiro atoms. The highest BCUT2D eigenvalue weighted by molar-refractivity contribution is 5.97. The number of aromatic amines is 1. The number of likely N-dealkylation sites (tertiary alicyclic amines) is 1. The van der Waals surface area contributed by atoms with E-state index in [0.29, 0.717) is 42.4 Å². The van der Waals surface area contributed by atoms with E-state index in [9.17, 15) is 19.2 Å². The van der Waals surface area contributed by atoms with Crippen molar-refractivity contribution in [2.45, 2.75) is 32.4 Å². The lowest BCUT2D eigenvalue weighted by Gasteiger charge is -2.17. The zero-order chi connectivity index (χ0) is 22.0. The fraction of sp³-hybridized carbons (Fsp3) is 0.304. The van der Waals surface area contributed by atoms with Crippen molar-refractivity contribution in [3.8, 4) is 0 Å². The van der Waals surface area contributed by atoms with Gasteiger partial charge in [0.25, 0.3) is 11.5 Å². The van der Waals surface area contributed by atoms with Crippen molar-refractivity contribution in [2.24, 2.45) is 0 Å². The number of nitrogens with one attached hydrogen (secondary N) is 2. The van der Waals surface area contributed by atoms with Gasteiger partial charge in [-0.15, -0.1) is 0 Å². The molecule has 1 saturated heterocycles. The Labute approximate surface area is 178 Å². The van der Waals surface area contributed by atoms with Crippen LogP contribution >= 0.6 is 0 Å². The van der Waals surface area contributed by atoms with E-state index in [0.717, 1.165) is 10.1 Å². The van der Waals surface area contributed by atoms with Gasteiger partial charge in [0.2, 0.25) is 5.91 Å². The molecule has 1 aromatic heterocycles. The summed E-state index contributed by atoms with van der Waals surface area (Å²) >= 11 is 0. The smallest absolute Gasteiger partial charge is 0.328 e. The van der Waals surface area contributed by atoms with Crippen LogP contribution < -0.4 is 16.6 Å². The number of H-pyrrole nitrogens is 1. The summed E-state index contributed by atoms with van der Waals surface area (Å²) in [6.45, 7) is 3.05. The molecule has 1 unspecified atom stereocenters. The molecule has 0 bridgehead atoms. The van der Waals surface area contributed by atoms with E-state index in [1.165, 1.54) is 6.07 Å². The second-order valence-electron chi connectivity index (χ2n) is 7.70. The summed E-state index contributed by atoms with van der Waals surface area (Å²) in [5.41, 5.74) is 0.772. The summed E-state index contributed by atoms with van der Waals surface area (Å²) < 4.78 is 1.11. The number of carbonyl (C=O) groups is 2. The molecule has 31 heavy (non-hydrogen) atoms. The molecule has 1 atom stereocenters. The van der Waals surface area contributed by atoms with Crippen LogP contribution in [0.15, 0.2) is 58.1 Å². The van der Waals surface area contributed by atoms with Crippen LogP contribution in [-0.4, -0.2) is 45.4 Å². The second-order valence-corrected chi connectivity index (χ2v) is 7.70. The lowest BCUT2D eigenvalue weighted by molar-refractivity contribution is -0.129. The Hall–Kier alpha value is -3.68. The summed E-state index contributed by atoms with van der Waals surface area (Å²) in [5, 5.41) is 3.31. The Bertz CT molecular complexity index is 1250. The highest BCUT2D eigenvalue weighted by Crippen LogP contribution is 2.14. The summed E-state index contributed by atoms with van der Waals surface area (Å²) in [5.74, 6) is -0.261. The van der Waals surface area contributed by atoms with Gasteiger partial charge in [-0.2, -0.15) is 0 Å². The highest BCUT2D eigenvalue weighted by atomic mass is 16.2. The predicted molar refractivity (Wildman–Crippen MR) is 117 cm³/mol. The maximum atomic E-state index is 12.7. The van der Waals surface area contributed by atoms with Crippen molar-refractivity contribution in [1.82, 2.24) is 19.8 Å². The molecule has 0 radical (unpaired) electrons. The first kappa shape index (κ1) is 20.6. The molecular weight excluding hydrogens is 396 g/mol. The van der Waals surface area contributed by atoms with E-state index < -0.39 is 5.69 Å². The van der Waals surface area contributed by atoms with E-state index >= 15 is 0 Å². The number of hydrogen-bond acceptors (Lipinski definition) is 4. The van der Waals surface area contributed by atoms with Gasteiger partial charge in [-0.3, -0.25) is 19.0 Å². The van der Waals surface area contributed by atoms with Gasteiger partial charge in [0.05, 0.1) is 17.3 Å². The van der Waals surface area contributed by atoms with Crippen molar-refractivity contribution >= 4 is 22.7 Å². The molecule has 2 aromatic carbocycles. The Morgan fingerprint density at radius 3 is 2.65 bits per heavy atom. The predicted octanol–water partition coefficient (Wildman–Crippen LogP) is 1.28. The van der Waals surface area contributed by atoms with Gasteiger partial charge in [-0.25, -0.2) is 4.79 Å². The Morgan fingerprint density at radius 2 is 1.90 bits per heavy atom. The average molecular weight is 420 g/mol. The summed E-state index contributed by atoms with van der Waals surface area (Å²) in [6.07, 6.45) is 1.02. The van der Waals surface area contributed by atoms with E-state index in [-0.39, 0.29) is 30.0 Å². The third-order valence-electron chi connectivity index (χ3n) is 5.63. The standard InChI is InChI=1S/C23H24N4O4/c1-2-27-22(30)18-9-8-16(13-19(18)25-23(27)31)21(29)24-17-10-11-26(14-17)20(28)12-15-6-4-3-5-7-15/h3-9,13,17H,2,10-12,14H2,1H3,(H,24,29)(H,25,31). The first-order chi connectivity index (χ1) is 15.0. The summed E-state index contributed by atoms with van der Waals surface area (Å²) in [6, 6.07) is 14.1. The average Bonchev–Trinajstić information content (AvgIpc) is 3.23. The van der Waals surface area contributed by atoms with Crippen molar-refractivity contribution < 1.29 is 9.59 Å². The molecule has 0 saturated carbocycles. The monoisotopic (exact) mass is 420 g/mol. The number of hydrogen-bond donors (Lipinski definition) is 2. The zero-order valence-corrected chi connectivity index (χ0v) is 17.3. The lowest BCUT2D eigenvalue weighted by Crippen LogP contribution is -2.39. The quantitative estimate of drug-likeness (QED) is 0.649. The van der Waals surface area contributed by atoms with Gasteiger partial charge >= 0.3 is 5.69 Å². The maximum absolute atomic E-state index is 12.7. The first-order valence-corrected chi connectivity index (χ1v) is 10.4. The summed E-state index contributed by atoms with van der Waals surface area (Å²) in [4.78, 5) is 54.1. The van der Waals surface area contributed by atoms with Gasteiger partial charge < -0.3 is 15.2 Å². The van der Waals surface area contributed by atoms with E-state index in [1.807, 2.05) is 30.3 Å². The van der Waals surface area contributed by atoms with Gasteiger partial charge in [-0.1, -0.05) is 30.3 Å². The van der Waals surface area contributed by atoms with Crippen LogP contribution in [0, 0.1) is 0 Å². The number of carbonyl (C=O) groups excluding carboxylic acids is 2. The largest absolute Gasteiger partial charge is 0.347 e. The molecule has 2 amide bonds. The second kappa shape index (κ2) is 8.59. The Kier molecular flexibility index (Phi) is 5.70. The lowest BCUT2D eigenvalue weighted by atomic mass is 10.1. The first-order valence-electron chi connectivity index (χ1n) is 10.4. The number of nitrogens with zero attached hydrogens (tertiary/aromatic N) is 2. The van der Waals surface area contributed by atoms with Gasteiger partial charge in [-0.05, 0) is 37.1 Å². The zero-order valence-electron chi connectivity index (χ0n) is 17.3. The minimum Gasteiger partial charge on any atom is -0.347 e. The molecule has 3 aromatic rings.